The number of nitrogens with zero attached hydrogens (tertiary/aromatic N) is 3. The summed E-state index contributed by atoms with van der Waals surface area (Å²) in [5, 5.41) is 10.7. The lowest BCUT2D eigenvalue weighted by Crippen LogP contribution is -2.39. The van der Waals surface area contributed by atoms with Crippen molar-refractivity contribution in [1.82, 2.24) is 4.57 Å². The number of esters is 1. The maximum Gasteiger partial charge on any atom is 0.338 e. The molecule has 3 aromatic rings. The summed E-state index contributed by atoms with van der Waals surface area (Å²) in [5.41, 5.74) is 2.86. The first-order valence-electron chi connectivity index (χ1n) is 11.7. The van der Waals surface area contributed by atoms with Crippen LogP contribution in [0.2, 0.25) is 0 Å². The summed E-state index contributed by atoms with van der Waals surface area (Å²) in [6.45, 7) is 9.51. The summed E-state index contributed by atoms with van der Waals surface area (Å²) >= 11 is 1.23. The molecule has 4 rings (SSSR count). The minimum atomic E-state index is -0.646. The van der Waals surface area contributed by atoms with Crippen molar-refractivity contribution in [3.8, 4) is 5.75 Å². The number of rotatable bonds is 7. The van der Waals surface area contributed by atoms with Crippen molar-refractivity contribution in [2.75, 3.05) is 24.6 Å². The number of anilines is 1. The summed E-state index contributed by atoms with van der Waals surface area (Å²) in [4.78, 5) is 33.7. The molecule has 0 saturated heterocycles. The lowest BCUT2D eigenvalue weighted by Gasteiger charge is -2.24. The molecule has 182 valence electrons. The molecule has 1 aliphatic rings. The smallest absolute Gasteiger partial charge is 0.338 e. The topological polar surface area (TPSA) is 84.1 Å². The molecule has 2 heterocycles. The summed E-state index contributed by atoms with van der Waals surface area (Å²) < 4.78 is 7.28. The third kappa shape index (κ3) is 4.66. The molecule has 1 atom stereocenters. The number of phenols is 1. The van der Waals surface area contributed by atoms with Crippen molar-refractivity contribution < 1.29 is 14.6 Å². The van der Waals surface area contributed by atoms with Crippen LogP contribution in [0.25, 0.3) is 6.08 Å². The molecule has 1 aromatic heterocycles. The quantitative estimate of drug-likeness (QED) is 0.513. The van der Waals surface area contributed by atoms with Crippen LogP contribution in [0.15, 0.2) is 69.6 Å². The monoisotopic (exact) mass is 491 g/mol. The Bertz CT molecular complexity index is 1450. The first-order chi connectivity index (χ1) is 16.9. The number of hydrogen-bond acceptors (Lipinski definition) is 7. The number of hydrogen-bond donors (Lipinski definition) is 1. The van der Waals surface area contributed by atoms with Crippen LogP contribution in [0.1, 0.15) is 44.9 Å². The SMILES string of the molecule is CCOC(=O)C1=C(C)N=c2s/c(=C/c3ccc(N(CC)CC)cc3O)c(=O)n2C1c1ccccc1. The number of aromatic nitrogens is 1. The van der Waals surface area contributed by atoms with E-state index in [4.69, 9.17) is 4.74 Å². The predicted octanol–water partition coefficient (Wildman–Crippen LogP) is 3.35. The van der Waals surface area contributed by atoms with E-state index in [0.29, 0.717) is 26.2 Å². The Morgan fingerprint density at radius 3 is 2.51 bits per heavy atom. The van der Waals surface area contributed by atoms with E-state index in [2.05, 4.69) is 23.7 Å². The fourth-order valence-corrected chi connectivity index (χ4v) is 5.36. The summed E-state index contributed by atoms with van der Waals surface area (Å²) in [5.74, 6) is -0.384. The van der Waals surface area contributed by atoms with E-state index < -0.39 is 12.0 Å². The Hall–Kier alpha value is -3.65. The fourth-order valence-electron chi connectivity index (χ4n) is 4.32. The Labute approximate surface area is 207 Å². The zero-order valence-corrected chi connectivity index (χ0v) is 21.1. The van der Waals surface area contributed by atoms with Crippen molar-refractivity contribution in [3.63, 3.8) is 0 Å². The molecule has 0 saturated carbocycles. The number of ether oxygens (including phenoxy) is 1. The van der Waals surface area contributed by atoms with Gasteiger partial charge in [-0.15, -0.1) is 0 Å². The lowest BCUT2D eigenvalue weighted by molar-refractivity contribution is -0.139. The Kier molecular flexibility index (Phi) is 7.21. The molecule has 0 radical (unpaired) electrons. The molecule has 0 amide bonds. The van der Waals surface area contributed by atoms with Gasteiger partial charge >= 0.3 is 5.97 Å². The highest BCUT2D eigenvalue weighted by Gasteiger charge is 2.33. The number of carbonyl (C=O) groups excluding carboxylic acids is 1. The van der Waals surface area contributed by atoms with Gasteiger partial charge in [0.2, 0.25) is 0 Å². The third-order valence-corrected chi connectivity index (χ3v) is 7.04. The van der Waals surface area contributed by atoms with E-state index in [9.17, 15) is 14.7 Å². The van der Waals surface area contributed by atoms with Crippen molar-refractivity contribution >= 4 is 29.1 Å². The number of phenolic OH excluding ortho intramolecular Hbond substituents is 1. The van der Waals surface area contributed by atoms with Gasteiger partial charge in [0, 0.05) is 30.4 Å². The highest BCUT2D eigenvalue weighted by molar-refractivity contribution is 7.07. The van der Waals surface area contributed by atoms with Gasteiger partial charge in [0.05, 0.1) is 28.5 Å². The molecule has 0 spiro atoms. The van der Waals surface area contributed by atoms with Gasteiger partial charge in [0.1, 0.15) is 5.75 Å². The highest BCUT2D eigenvalue weighted by Crippen LogP contribution is 2.30. The van der Waals surface area contributed by atoms with E-state index >= 15 is 0 Å². The number of carbonyl (C=O) groups is 1. The van der Waals surface area contributed by atoms with Crippen LogP contribution < -0.4 is 19.8 Å². The van der Waals surface area contributed by atoms with Crippen LogP contribution in [0.3, 0.4) is 0 Å². The summed E-state index contributed by atoms with van der Waals surface area (Å²) in [6.07, 6.45) is 1.68. The van der Waals surface area contributed by atoms with Crippen molar-refractivity contribution in [3.05, 3.63) is 90.6 Å². The van der Waals surface area contributed by atoms with Crippen LogP contribution in [0.4, 0.5) is 5.69 Å². The van der Waals surface area contributed by atoms with E-state index in [1.807, 2.05) is 42.5 Å². The molecule has 0 fully saturated rings. The van der Waals surface area contributed by atoms with Crippen LogP contribution in [-0.4, -0.2) is 35.3 Å². The van der Waals surface area contributed by atoms with Crippen molar-refractivity contribution in [2.45, 2.75) is 33.7 Å². The lowest BCUT2D eigenvalue weighted by atomic mass is 9.96. The third-order valence-electron chi connectivity index (χ3n) is 6.06. The zero-order chi connectivity index (χ0) is 25.1. The van der Waals surface area contributed by atoms with Gasteiger partial charge in [-0.2, -0.15) is 0 Å². The summed E-state index contributed by atoms with van der Waals surface area (Å²) in [6, 6.07) is 14.2. The second-order valence-corrected chi connectivity index (χ2v) is 9.14. The molecule has 7 nitrogen and oxygen atoms in total. The molecule has 35 heavy (non-hydrogen) atoms. The predicted molar refractivity (Wildman–Crippen MR) is 139 cm³/mol. The van der Waals surface area contributed by atoms with Crippen molar-refractivity contribution in [2.24, 2.45) is 4.99 Å². The van der Waals surface area contributed by atoms with Crippen LogP contribution in [0.5, 0.6) is 5.75 Å². The number of benzene rings is 2. The number of thiazole rings is 1. The van der Waals surface area contributed by atoms with Gasteiger partial charge in [-0.3, -0.25) is 9.36 Å². The maximum atomic E-state index is 13.6. The van der Waals surface area contributed by atoms with Gasteiger partial charge < -0.3 is 14.7 Å². The maximum absolute atomic E-state index is 13.6. The summed E-state index contributed by atoms with van der Waals surface area (Å²) in [7, 11) is 0. The molecule has 1 unspecified atom stereocenters. The average Bonchev–Trinajstić information content (AvgIpc) is 3.15. The fraction of sp³-hybridized carbons (Fsp3) is 0.296. The molecule has 1 N–H and O–H groups in total. The van der Waals surface area contributed by atoms with E-state index in [1.165, 1.54) is 11.3 Å². The Morgan fingerprint density at radius 1 is 1.17 bits per heavy atom. The zero-order valence-electron chi connectivity index (χ0n) is 20.3. The average molecular weight is 492 g/mol. The molecule has 1 aliphatic heterocycles. The van der Waals surface area contributed by atoms with Gasteiger partial charge in [-0.05, 0) is 51.5 Å². The number of fused-ring (bicyclic) bond motifs is 1. The minimum Gasteiger partial charge on any atom is -0.507 e. The van der Waals surface area contributed by atoms with Crippen LogP contribution >= 0.6 is 11.3 Å². The highest BCUT2D eigenvalue weighted by atomic mass is 32.1. The second-order valence-electron chi connectivity index (χ2n) is 8.13. The van der Waals surface area contributed by atoms with E-state index in [-0.39, 0.29) is 17.9 Å². The van der Waals surface area contributed by atoms with Crippen LogP contribution in [0, 0.1) is 0 Å². The molecule has 8 heteroatoms. The molecule has 0 aliphatic carbocycles. The van der Waals surface area contributed by atoms with Gasteiger partial charge in [-0.1, -0.05) is 41.7 Å². The van der Waals surface area contributed by atoms with Crippen molar-refractivity contribution in [1.29, 1.82) is 0 Å². The van der Waals surface area contributed by atoms with E-state index in [1.54, 1.807) is 30.6 Å². The molecular formula is C27H29N3O4S. The Morgan fingerprint density at radius 2 is 1.89 bits per heavy atom. The van der Waals surface area contributed by atoms with Gasteiger partial charge in [-0.25, -0.2) is 9.79 Å². The second kappa shape index (κ2) is 10.3. The largest absolute Gasteiger partial charge is 0.507 e. The van der Waals surface area contributed by atoms with Crippen LogP contribution in [-0.2, 0) is 9.53 Å². The standard InChI is InChI=1S/C27H29N3O4S/c1-5-29(6-2)20-14-13-19(21(31)16-20)15-22-25(32)30-24(18-11-9-8-10-12-18)23(26(33)34-7-3)17(4)28-27(30)35-22/h8-16,24,31H,5-7H2,1-4H3/b22-15+. The minimum absolute atomic E-state index is 0.100. The molecular weight excluding hydrogens is 462 g/mol. The number of allylic oxidation sites excluding steroid dienone is 1. The normalized spacial score (nSPS) is 15.5. The number of aromatic hydroxyl groups is 1. The molecule has 2 aromatic carbocycles. The first-order valence-corrected chi connectivity index (χ1v) is 12.5. The van der Waals surface area contributed by atoms with Gasteiger partial charge in [0.25, 0.3) is 5.56 Å². The van der Waals surface area contributed by atoms with E-state index in [0.717, 1.165) is 24.3 Å². The first kappa shape index (κ1) is 24.5. The molecule has 0 bridgehead atoms. The van der Waals surface area contributed by atoms with Gasteiger partial charge in [0.15, 0.2) is 4.80 Å². The Balaban J connectivity index is 1.87.